The van der Waals surface area contributed by atoms with Crippen LogP contribution in [-0.4, -0.2) is 42.4 Å². The third-order valence-corrected chi connectivity index (χ3v) is 8.83. The fourth-order valence-corrected chi connectivity index (χ4v) is 7.19. The highest BCUT2D eigenvalue weighted by Gasteiger charge is 2.61. The highest BCUT2D eigenvalue weighted by Crippen LogP contribution is 2.65. The van der Waals surface area contributed by atoms with Gasteiger partial charge < -0.3 is 19.7 Å². The van der Waals surface area contributed by atoms with E-state index in [9.17, 15) is 10.2 Å². The molecule has 4 rings (SSSR count). The average Bonchev–Trinajstić information content (AvgIpc) is 2.97. The Balaban J connectivity index is 1.59. The molecule has 0 bridgehead atoms. The zero-order valence-corrected chi connectivity index (χ0v) is 17.2. The smallest absolute Gasteiger partial charge is 0.171 e. The summed E-state index contributed by atoms with van der Waals surface area (Å²) in [6, 6.07) is 0. The summed E-state index contributed by atoms with van der Waals surface area (Å²) >= 11 is 0. The molecule has 0 amide bonds. The summed E-state index contributed by atoms with van der Waals surface area (Å²) in [5.41, 5.74) is 2.46. The fourth-order valence-electron chi connectivity index (χ4n) is 7.19. The van der Waals surface area contributed by atoms with Crippen LogP contribution < -0.4 is 0 Å². The second-order valence-corrected chi connectivity index (χ2v) is 9.54. The van der Waals surface area contributed by atoms with E-state index in [4.69, 9.17) is 9.47 Å². The summed E-state index contributed by atoms with van der Waals surface area (Å²) in [5, 5.41) is 20.6. The number of methoxy groups -OCH3 is 2. The van der Waals surface area contributed by atoms with E-state index in [1.54, 1.807) is 31.4 Å². The topological polar surface area (TPSA) is 58.9 Å². The van der Waals surface area contributed by atoms with Crippen molar-refractivity contribution >= 4 is 0 Å². The van der Waals surface area contributed by atoms with Gasteiger partial charge in [-0.2, -0.15) is 0 Å². The quantitative estimate of drug-likeness (QED) is 0.576. The van der Waals surface area contributed by atoms with Crippen molar-refractivity contribution in [3.8, 4) is 0 Å². The van der Waals surface area contributed by atoms with Crippen molar-refractivity contribution in [2.24, 2.45) is 23.2 Å². The first-order valence-corrected chi connectivity index (χ1v) is 10.7. The molecule has 4 aliphatic rings. The molecular formula is C23H36O4. The second kappa shape index (κ2) is 6.98. The normalized spacial score (nSPS) is 43.5. The van der Waals surface area contributed by atoms with Crippen LogP contribution in [0.3, 0.4) is 0 Å². The molecule has 0 aromatic heterocycles. The van der Waals surface area contributed by atoms with Gasteiger partial charge >= 0.3 is 0 Å². The van der Waals surface area contributed by atoms with Crippen LogP contribution in [0.2, 0.25) is 0 Å². The number of ether oxygens (including phenoxy) is 2. The largest absolute Gasteiger partial charge is 0.392 e. The molecular weight excluding hydrogens is 340 g/mol. The van der Waals surface area contributed by atoms with Crippen molar-refractivity contribution < 1.29 is 19.7 Å². The SMILES string of the molecule is COC1(OC)CCC2=C(CC[C@@H]3[C@@H]2CC[C@@]2(C)[C@H]3CC[C@@]2(O)/C=C\CO)C1. The summed E-state index contributed by atoms with van der Waals surface area (Å²) in [5.74, 6) is 1.53. The van der Waals surface area contributed by atoms with Crippen molar-refractivity contribution in [3.05, 3.63) is 23.3 Å². The lowest BCUT2D eigenvalue weighted by Gasteiger charge is -2.54. The molecule has 2 N–H and O–H groups in total. The number of aliphatic hydroxyl groups excluding tert-OH is 1. The van der Waals surface area contributed by atoms with Gasteiger partial charge in [0, 0.05) is 32.5 Å². The van der Waals surface area contributed by atoms with E-state index in [-0.39, 0.29) is 12.0 Å². The molecule has 0 spiro atoms. The monoisotopic (exact) mass is 376 g/mol. The van der Waals surface area contributed by atoms with Gasteiger partial charge in [0.15, 0.2) is 5.79 Å². The molecule has 2 fully saturated rings. The Labute approximate surface area is 163 Å². The van der Waals surface area contributed by atoms with E-state index in [2.05, 4.69) is 6.92 Å². The Hall–Kier alpha value is -0.680. The van der Waals surface area contributed by atoms with Crippen LogP contribution in [0.25, 0.3) is 0 Å². The van der Waals surface area contributed by atoms with E-state index in [1.807, 2.05) is 6.08 Å². The van der Waals surface area contributed by atoms with Crippen molar-refractivity contribution in [3.63, 3.8) is 0 Å². The van der Waals surface area contributed by atoms with E-state index in [1.165, 1.54) is 12.8 Å². The van der Waals surface area contributed by atoms with Gasteiger partial charge in [-0.15, -0.1) is 0 Å². The lowest BCUT2D eigenvalue weighted by molar-refractivity contribution is -0.213. The minimum atomic E-state index is -0.756. The predicted molar refractivity (Wildman–Crippen MR) is 105 cm³/mol. The number of fused-ring (bicyclic) bond motifs is 4. The number of aliphatic hydroxyl groups is 2. The predicted octanol–water partition coefficient (Wildman–Crippen LogP) is 3.97. The summed E-state index contributed by atoms with van der Waals surface area (Å²) in [7, 11) is 3.54. The molecule has 0 aliphatic heterocycles. The van der Waals surface area contributed by atoms with Crippen LogP contribution in [0.1, 0.15) is 64.7 Å². The summed E-state index contributed by atoms with van der Waals surface area (Å²) in [4.78, 5) is 0. The number of hydrogen-bond donors (Lipinski definition) is 2. The molecule has 4 heteroatoms. The van der Waals surface area contributed by atoms with E-state index >= 15 is 0 Å². The third-order valence-electron chi connectivity index (χ3n) is 8.83. The minimum absolute atomic E-state index is 0.00606. The molecule has 0 aromatic rings. The molecule has 2 saturated carbocycles. The molecule has 5 atom stereocenters. The van der Waals surface area contributed by atoms with Gasteiger partial charge in [0.2, 0.25) is 0 Å². The molecule has 4 aliphatic carbocycles. The molecule has 152 valence electrons. The first-order chi connectivity index (χ1) is 12.9. The Morgan fingerprint density at radius 1 is 1.07 bits per heavy atom. The Morgan fingerprint density at radius 3 is 2.56 bits per heavy atom. The summed E-state index contributed by atoms with van der Waals surface area (Å²) < 4.78 is 11.5. The van der Waals surface area contributed by atoms with Crippen LogP contribution in [0, 0.1) is 23.2 Å². The fraction of sp³-hybridized carbons (Fsp3) is 0.826. The third kappa shape index (κ3) is 2.87. The van der Waals surface area contributed by atoms with Crippen LogP contribution in [0.15, 0.2) is 23.3 Å². The number of rotatable bonds is 4. The maximum absolute atomic E-state index is 11.4. The number of allylic oxidation sites excluding steroid dienone is 1. The zero-order valence-electron chi connectivity index (χ0n) is 17.2. The van der Waals surface area contributed by atoms with Crippen LogP contribution in [0.4, 0.5) is 0 Å². The van der Waals surface area contributed by atoms with Gasteiger partial charge in [0.25, 0.3) is 0 Å². The molecule has 0 aromatic carbocycles. The first kappa shape index (κ1) is 19.6. The van der Waals surface area contributed by atoms with Crippen LogP contribution in [0.5, 0.6) is 0 Å². The molecule has 0 radical (unpaired) electrons. The van der Waals surface area contributed by atoms with Crippen LogP contribution >= 0.6 is 0 Å². The van der Waals surface area contributed by atoms with E-state index in [0.717, 1.165) is 44.9 Å². The highest BCUT2D eigenvalue weighted by atomic mass is 16.7. The van der Waals surface area contributed by atoms with Gasteiger partial charge in [-0.3, -0.25) is 0 Å². The van der Waals surface area contributed by atoms with E-state index in [0.29, 0.717) is 17.8 Å². The van der Waals surface area contributed by atoms with Gasteiger partial charge in [-0.1, -0.05) is 30.2 Å². The van der Waals surface area contributed by atoms with Gasteiger partial charge in [0.1, 0.15) is 0 Å². The van der Waals surface area contributed by atoms with Gasteiger partial charge in [-0.25, -0.2) is 0 Å². The molecule has 0 unspecified atom stereocenters. The summed E-state index contributed by atoms with van der Waals surface area (Å²) in [6.07, 6.45) is 13.2. The molecule has 27 heavy (non-hydrogen) atoms. The molecule has 0 heterocycles. The van der Waals surface area contributed by atoms with Crippen molar-refractivity contribution in [1.29, 1.82) is 0 Å². The first-order valence-electron chi connectivity index (χ1n) is 10.7. The summed E-state index contributed by atoms with van der Waals surface area (Å²) in [6.45, 7) is 2.31. The number of hydrogen-bond acceptors (Lipinski definition) is 4. The lowest BCUT2D eigenvalue weighted by Crippen LogP contribution is -2.51. The highest BCUT2D eigenvalue weighted by molar-refractivity contribution is 5.29. The Bertz CT molecular complexity index is 634. The maximum atomic E-state index is 11.4. The standard InChI is InChI=1S/C23H36O4/c1-21-11-7-18-17-8-13-23(26-2,27-3)15-16(17)5-6-19(18)20(21)9-12-22(21,25)10-4-14-24/h4,10,18-20,24-25H,5-9,11-15H2,1-3H3/b10-4-/t18-,19-,20+,21+,22+/m1/s1. The molecule has 4 nitrogen and oxygen atoms in total. The van der Waals surface area contributed by atoms with Gasteiger partial charge in [0.05, 0.1) is 12.2 Å². The van der Waals surface area contributed by atoms with Crippen molar-refractivity contribution in [2.75, 3.05) is 20.8 Å². The second-order valence-electron chi connectivity index (χ2n) is 9.54. The van der Waals surface area contributed by atoms with Gasteiger partial charge in [-0.05, 0) is 62.7 Å². The zero-order chi connectivity index (χ0) is 19.3. The minimum Gasteiger partial charge on any atom is -0.392 e. The van der Waals surface area contributed by atoms with Crippen molar-refractivity contribution in [2.45, 2.75) is 76.1 Å². The van der Waals surface area contributed by atoms with E-state index < -0.39 is 11.4 Å². The maximum Gasteiger partial charge on any atom is 0.171 e. The Morgan fingerprint density at radius 2 is 1.85 bits per heavy atom. The van der Waals surface area contributed by atoms with Crippen molar-refractivity contribution in [1.82, 2.24) is 0 Å². The average molecular weight is 377 g/mol. The molecule has 0 saturated heterocycles. The lowest BCUT2D eigenvalue weighted by atomic mass is 9.52. The Kier molecular flexibility index (Phi) is 5.07. The van der Waals surface area contributed by atoms with Crippen LogP contribution in [-0.2, 0) is 9.47 Å².